The number of benzene rings is 1. The second-order valence-corrected chi connectivity index (χ2v) is 3.82. The van der Waals surface area contributed by atoms with Crippen LogP contribution in [-0.2, 0) is 0 Å². The largest absolute Gasteiger partial charge is 0.454 e. The molecule has 1 aliphatic heterocycles. The lowest BCUT2D eigenvalue weighted by atomic mass is 10.3. The molecule has 0 bridgehead atoms. The van der Waals surface area contributed by atoms with Gasteiger partial charge in [-0.2, -0.15) is 5.26 Å². The minimum atomic E-state index is 0.137. The first-order chi connectivity index (χ1) is 9.26. The van der Waals surface area contributed by atoms with E-state index in [-0.39, 0.29) is 12.5 Å². The number of nitriles is 1. The van der Waals surface area contributed by atoms with Crippen LogP contribution in [0.1, 0.15) is 5.69 Å². The van der Waals surface area contributed by atoms with Crippen LogP contribution in [0.15, 0.2) is 30.3 Å². The Morgan fingerprint density at radius 2 is 2.05 bits per heavy atom. The van der Waals surface area contributed by atoms with Crippen molar-refractivity contribution in [1.82, 2.24) is 4.98 Å². The van der Waals surface area contributed by atoms with E-state index < -0.39 is 0 Å². The molecule has 0 fully saturated rings. The molecule has 0 spiro atoms. The van der Waals surface area contributed by atoms with E-state index >= 15 is 0 Å². The molecular formula is C13H9N3O3. The third kappa shape index (κ3) is 2.09. The van der Waals surface area contributed by atoms with Crippen molar-refractivity contribution in [3.63, 3.8) is 0 Å². The fourth-order valence-corrected chi connectivity index (χ4v) is 1.66. The van der Waals surface area contributed by atoms with Gasteiger partial charge < -0.3 is 19.9 Å². The molecule has 3 rings (SSSR count). The van der Waals surface area contributed by atoms with Crippen LogP contribution in [0.25, 0.3) is 0 Å². The van der Waals surface area contributed by atoms with E-state index in [0.29, 0.717) is 28.8 Å². The Labute approximate surface area is 109 Å². The smallest absolute Gasteiger partial charge is 0.231 e. The normalized spacial score (nSPS) is 11.9. The van der Waals surface area contributed by atoms with E-state index in [4.69, 9.17) is 25.2 Å². The number of fused-ring (bicyclic) bond motifs is 1. The number of nitrogen functional groups attached to an aromatic ring is 1. The molecule has 6 heteroatoms. The summed E-state index contributed by atoms with van der Waals surface area (Å²) in [4.78, 5) is 4.00. The molecule has 2 N–H and O–H groups in total. The fourth-order valence-electron chi connectivity index (χ4n) is 1.66. The van der Waals surface area contributed by atoms with Crippen molar-refractivity contribution in [1.29, 1.82) is 5.26 Å². The maximum atomic E-state index is 8.85. The van der Waals surface area contributed by atoms with Crippen LogP contribution in [0.2, 0.25) is 0 Å². The minimum absolute atomic E-state index is 0.137. The highest BCUT2D eigenvalue weighted by molar-refractivity contribution is 5.52. The molecule has 1 aliphatic rings. The highest BCUT2D eigenvalue weighted by Crippen LogP contribution is 2.36. The molecule has 0 saturated heterocycles. The zero-order valence-corrected chi connectivity index (χ0v) is 9.79. The molecule has 0 aliphatic carbocycles. The first-order valence-electron chi connectivity index (χ1n) is 5.50. The highest BCUT2D eigenvalue weighted by Gasteiger charge is 2.14. The number of rotatable bonds is 2. The van der Waals surface area contributed by atoms with Crippen LogP contribution in [0.5, 0.6) is 23.1 Å². The quantitative estimate of drug-likeness (QED) is 0.883. The van der Waals surface area contributed by atoms with Crippen LogP contribution in [0.3, 0.4) is 0 Å². The molecule has 1 aromatic carbocycles. The Kier molecular flexibility index (Phi) is 2.58. The number of ether oxygens (including phenoxy) is 3. The number of hydrogen-bond donors (Lipinski definition) is 1. The van der Waals surface area contributed by atoms with Crippen LogP contribution >= 0.6 is 0 Å². The van der Waals surface area contributed by atoms with Crippen molar-refractivity contribution in [2.45, 2.75) is 0 Å². The van der Waals surface area contributed by atoms with Crippen molar-refractivity contribution < 1.29 is 14.2 Å². The molecule has 6 nitrogen and oxygen atoms in total. The molecule has 0 atom stereocenters. The SMILES string of the molecule is N#Cc1nc(Oc2ccc3c(c2)OCO3)ccc1N. The zero-order valence-electron chi connectivity index (χ0n) is 9.79. The molecular weight excluding hydrogens is 246 g/mol. The number of nitrogens with zero attached hydrogens (tertiary/aromatic N) is 2. The summed E-state index contributed by atoms with van der Waals surface area (Å²) in [7, 11) is 0. The number of anilines is 1. The predicted molar refractivity (Wildman–Crippen MR) is 66.0 cm³/mol. The van der Waals surface area contributed by atoms with Gasteiger partial charge in [0, 0.05) is 12.1 Å². The topological polar surface area (TPSA) is 90.4 Å². The fraction of sp³-hybridized carbons (Fsp3) is 0.0769. The van der Waals surface area contributed by atoms with E-state index in [0.717, 1.165) is 0 Å². The van der Waals surface area contributed by atoms with E-state index in [1.54, 1.807) is 30.3 Å². The number of pyridine rings is 1. The van der Waals surface area contributed by atoms with Crippen LogP contribution < -0.4 is 19.9 Å². The maximum Gasteiger partial charge on any atom is 0.231 e. The van der Waals surface area contributed by atoms with Gasteiger partial charge in [0.25, 0.3) is 0 Å². The lowest BCUT2D eigenvalue weighted by Gasteiger charge is -2.06. The van der Waals surface area contributed by atoms with Crippen molar-refractivity contribution in [3.05, 3.63) is 36.0 Å². The Balaban J connectivity index is 1.87. The standard InChI is InChI=1S/C13H9N3O3/c14-6-10-9(15)2-4-13(16-10)19-8-1-3-11-12(5-8)18-7-17-11/h1-5H,7,15H2. The average molecular weight is 255 g/mol. The van der Waals surface area contributed by atoms with Gasteiger partial charge in [0.1, 0.15) is 11.8 Å². The third-order valence-corrected chi connectivity index (χ3v) is 2.57. The summed E-state index contributed by atoms with van der Waals surface area (Å²) >= 11 is 0. The zero-order chi connectivity index (χ0) is 13.2. The van der Waals surface area contributed by atoms with E-state index in [1.165, 1.54) is 0 Å². The lowest BCUT2D eigenvalue weighted by Crippen LogP contribution is -1.96. The second kappa shape index (κ2) is 4.38. The molecule has 2 heterocycles. The van der Waals surface area contributed by atoms with Crippen LogP contribution in [0, 0.1) is 11.3 Å². The molecule has 0 radical (unpaired) electrons. The minimum Gasteiger partial charge on any atom is -0.454 e. The van der Waals surface area contributed by atoms with Crippen molar-refractivity contribution in [2.24, 2.45) is 0 Å². The van der Waals surface area contributed by atoms with Gasteiger partial charge in [-0.05, 0) is 18.2 Å². The molecule has 1 aromatic heterocycles. The molecule has 0 amide bonds. The number of nitrogens with two attached hydrogens (primary N) is 1. The summed E-state index contributed by atoms with van der Waals surface area (Å²) in [5, 5.41) is 8.85. The van der Waals surface area contributed by atoms with Crippen LogP contribution in [0.4, 0.5) is 5.69 Å². The summed E-state index contributed by atoms with van der Waals surface area (Å²) in [5.74, 6) is 2.14. The molecule has 0 saturated carbocycles. The summed E-state index contributed by atoms with van der Waals surface area (Å²) in [6, 6.07) is 10.3. The van der Waals surface area contributed by atoms with Gasteiger partial charge in [0.15, 0.2) is 17.2 Å². The number of aromatic nitrogens is 1. The summed E-state index contributed by atoms with van der Waals surface area (Å²) < 4.78 is 16.0. The lowest BCUT2D eigenvalue weighted by molar-refractivity contribution is 0.174. The van der Waals surface area contributed by atoms with Crippen LogP contribution in [-0.4, -0.2) is 11.8 Å². The van der Waals surface area contributed by atoms with Gasteiger partial charge in [-0.1, -0.05) is 0 Å². The second-order valence-electron chi connectivity index (χ2n) is 3.82. The van der Waals surface area contributed by atoms with Gasteiger partial charge in [-0.3, -0.25) is 0 Å². The molecule has 19 heavy (non-hydrogen) atoms. The van der Waals surface area contributed by atoms with Crippen molar-refractivity contribution in [2.75, 3.05) is 12.5 Å². The summed E-state index contributed by atoms with van der Waals surface area (Å²) in [6.07, 6.45) is 0. The first kappa shape index (κ1) is 11.2. The molecule has 94 valence electrons. The summed E-state index contributed by atoms with van der Waals surface area (Å²) in [5.41, 5.74) is 6.05. The first-order valence-corrected chi connectivity index (χ1v) is 5.50. The van der Waals surface area contributed by atoms with Gasteiger partial charge >= 0.3 is 0 Å². The van der Waals surface area contributed by atoms with Gasteiger partial charge in [0.05, 0.1) is 5.69 Å². The highest BCUT2D eigenvalue weighted by atomic mass is 16.7. The van der Waals surface area contributed by atoms with Gasteiger partial charge in [0.2, 0.25) is 12.7 Å². The third-order valence-electron chi connectivity index (χ3n) is 2.57. The predicted octanol–water partition coefficient (Wildman–Crippen LogP) is 2.06. The van der Waals surface area contributed by atoms with Gasteiger partial charge in [-0.15, -0.1) is 0 Å². The average Bonchev–Trinajstić information content (AvgIpc) is 2.88. The van der Waals surface area contributed by atoms with Gasteiger partial charge in [-0.25, -0.2) is 4.98 Å². The molecule has 0 unspecified atom stereocenters. The summed E-state index contributed by atoms with van der Waals surface area (Å²) in [6.45, 7) is 0.206. The van der Waals surface area contributed by atoms with E-state index in [9.17, 15) is 0 Å². The maximum absolute atomic E-state index is 8.85. The van der Waals surface area contributed by atoms with E-state index in [2.05, 4.69) is 4.98 Å². The Morgan fingerprint density at radius 3 is 2.89 bits per heavy atom. The van der Waals surface area contributed by atoms with Crippen molar-refractivity contribution >= 4 is 5.69 Å². The van der Waals surface area contributed by atoms with Crippen molar-refractivity contribution in [3.8, 4) is 29.2 Å². The van der Waals surface area contributed by atoms with E-state index in [1.807, 2.05) is 6.07 Å². The monoisotopic (exact) mass is 255 g/mol. The molecule has 2 aromatic rings. The Hall–Kier alpha value is -2.94. The Morgan fingerprint density at radius 1 is 1.21 bits per heavy atom. The Bertz CT molecular complexity index is 679. The number of hydrogen-bond acceptors (Lipinski definition) is 6.